The van der Waals surface area contributed by atoms with Crippen LogP contribution in [0.3, 0.4) is 0 Å². The third-order valence-corrected chi connectivity index (χ3v) is 6.48. The number of hydrogen-bond acceptors (Lipinski definition) is 6. The minimum absolute atomic E-state index is 0.0551. The molecule has 7 nitrogen and oxygen atoms in total. The molecule has 0 saturated carbocycles. The van der Waals surface area contributed by atoms with Crippen LogP contribution >= 0.6 is 0 Å². The van der Waals surface area contributed by atoms with Crippen LogP contribution in [-0.2, 0) is 14.8 Å². The summed E-state index contributed by atoms with van der Waals surface area (Å²) in [4.78, 5) is 13.3. The Kier molecular flexibility index (Phi) is 6.68. The quantitative estimate of drug-likeness (QED) is 0.661. The number of primary sulfonamides is 1. The number of nitrogens with zero attached hydrogens (tertiary/aromatic N) is 2. The Morgan fingerprint density at radius 3 is 2.12 bits per heavy atom. The number of carbonyl (C=O) groups excluding carboxylic acids is 1. The Balaban J connectivity index is 2.16. The van der Waals surface area contributed by atoms with E-state index in [4.69, 9.17) is 5.14 Å². The van der Waals surface area contributed by atoms with Crippen molar-refractivity contribution in [3.05, 3.63) is 71.2 Å². The highest BCUT2D eigenvalue weighted by Gasteiger charge is 2.40. The summed E-state index contributed by atoms with van der Waals surface area (Å²) in [5, 5.41) is 27.6. The number of hydrogen-bond donors (Lipinski definition) is 2. The van der Waals surface area contributed by atoms with Gasteiger partial charge < -0.3 is 5.32 Å². The first kappa shape index (κ1) is 24.1. The Morgan fingerprint density at radius 2 is 1.61 bits per heavy atom. The van der Waals surface area contributed by atoms with Crippen LogP contribution in [0.25, 0.3) is 0 Å². The maximum atomic E-state index is 13.5. The maximum Gasteiger partial charge on any atom is 0.238 e. The first-order valence-corrected chi connectivity index (χ1v) is 11.7. The lowest BCUT2D eigenvalue weighted by molar-refractivity contribution is -0.118. The van der Waals surface area contributed by atoms with Crippen molar-refractivity contribution < 1.29 is 17.6 Å². The van der Waals surface area contributed by atoms with Gasteiger partial charge in [-0.05, 0) is 53.8 Å². The number of allylic oxidation sites excluding steroid dienone is 2. The van der Waals surface area contributed by atoms with Crippen LogP contribution in [0.15, 0.2) is 64.7 Å². The monoisotopic (exact) mass is 466 g/mol. The van der Waals surface area contributed by atoms with Gasteiger partial charge in [-0.25, -0.2) is 17.9 Å². The largest absolute Gasteiger partial charge is 0.359 e. The van der Waals surface area contributed by atoms with Crippen molar-refractivity contribution in [2.45, 2.75) is 37.5 Å². The minimum Gasteiger partial charge on any atom is -0.359 e. The lowest BCUT2D eigenvalue weighted by Gasteiger charge is -2.36. The molecule has 3 N–H and O–H groups in total. The van der Waals surface area contributed by atoms with E-state index in [-0.39, 0.29) is 22.5 Å². The van der Waals surface area contributed by atoms with E-state index in [1.165, 1.54) is 48.5 Å². The maximum absolute atomic E-state index is 13.5. The fourth-order valence-electron chi connectivity index (χ4n) is 4.08. The predicted octanol–water partition coefficient (Wildman–Crippen LogP) is 3.98. The molecule has 0 spiro atoms. The molecule has 2 aromatic rings. The average molecular weight is 467 g/mol. The van der Waals surface area contributed by atoms with Gasteiger partial charge in [0.25, 0.3) is 0 Å². The van der Waals surface area contributed by atoms with Crippen LogP contribution in [0.1, 0.15) is 38.2 Å². The van der Waals surface area contributed by atoms with Crippen LogP contribution in [0.4, 0.5) is 10.1 Å². The molecule has 2 aromatic carbocycles. The van der Waals surface area contributed by atoms with Gasteiger partial charge in [0.1, 0.15) is 11.7 Å². The minimum atomic E-state index is -3.86. The zero-order valence-electron chi connectivity index (χ0n) is 18.2. The van der Waals surface area contributed by atoms with Crippen molar-refractivity contribution in [3.63, 3.8) is 0 Å². The molecule has 1 aliphatic carbocycles. The third kappa shape index (κ3) is 5.46. The molecule has 0 heterocycles. The highest BCUT2D eigenvalue weighted by Crippen LogP contribution is 2.44. The summed E-state index contributed by atoms with van der Waals surface area (Å²) >= 11 is 0. The molecule has 0 bridgehead atoms. The Hall–Kier alpha value is -3.53. The number of ketones is 1. The second-order valence-corrected chi connectivity index (χ2v) is 10.4. The molecule has 9 heteroatoms. The van der Waals surface area contributed by atoms with Crippen molar-refractivity contribution >= 4 is 21.5 Å². The van der Waals surface area contributed by atoms with Gasteiger partial charge in [-0.2, -0.15) is 10.5 Å². The molecule has 0 amide bonds. The summed E-state index contributed by atoms with van der Waals surface area (Å²) in [5.41, 5.74) is 1.44. The van der Waals surface area contributed by atoms with Gasteiger partial charge in [-0.3, -0.25) is 4.79 Å². The molecule has 0 aromatic heterocycles. The zero-order valence-corrected chi connectivity index (χ0v) is 19.0. The van der Waals surface area contributed by atoms with E-state index in [9.17, 15) is 28.1 Å². The van der Waals surface area contributed by atoms with Crippen molar-refractivity contribution in [3.8, 4) is 12.1 Å². The molecular weight excluding hydrogens is 443 g/mol. The van der Waals surface area contributed by atoms with Crippen molar-refractivity contribution in [1.82, 2.24) is 0 Å². The number of nitrogens with two attached hydrogens (primary N) is 1. The van der Waals surface area contributed by atoms with Crippen LogP contribution in [0.5, 0.6) is 0 Å². The number of halogens is 1. The van der Waals surface area contributed by atoms with Crippen molar-refractivity contribution in [2.75, 3.05) is 5.32 Å². The van der Waals surface area contributed by atoms with E-state index in [2.05, 4.69) is 5.32 Å². The number of rotatable bonds is 6. The van der Waals surface area contributed by atoms with E-state index < -0.39 is 27.7 Å². The van der Waals surface area contributed by atoms with Gasteiger partial charge in [0.05, 0.1) is 17.0 Å². The van der Waals surface area contributed by atoms with Gasteiger partial charge >= 0.3 is 0 Å². The summed E-state index contributed by atoms with van der Waals surface area (Å²) in [6, 6.07) is 15.1. The number of Topliss-reactive ketones (excluding diaryl/α,β-unsaturated/α-hetero) is 1. The predicted molar refractivity (Wildman–Crippen MR) is 120 cm³/mol. The average Bonchev–Trinajstić information content (AvgIpc) is 2.72. The molecule has 33 heavy (non-hydrogen) atoms. The first-order chi connectivity index (χ1) is 15.4. The molecular formula is C24H23FN4O3S. The molecule has 0 saturated heterocycles. The molecule has 1 atom stereocenters. The summed E-state index contributed by atoms with van der Waals surface area (Å²) < 4.78 is 36.6. The fraction of sp³-hybridized carbons (Fsp3) is 0.292. The van der Waals surface area contributed by atoms with Crippen LogP contribution in [-0.4, -0.2) is 14.2 Å². The topological polar surface area (TPSA) is 137 Å². The highest BCUT2D eigenvalue weighted by molar-refractivity contribution is 7.89. The Morgan fingerprint density at radius 1 is 1.03 bits per heavy atom. The van der Waals surface area contributed by atoms with Gasteiger partial charge in [0, 0.05) is 29.3 Å². The summed E-state index contributed by atoms with van der Waals surface area (Å²) in [7, 11) is -3.86. The normalized spacial score (nSPS) is 16.8. The Bertz CT molecular complexity index is 1270. The number of benzene rings is 2. The molecule has 0 radical (unpaired) electrons. The summed E-state index contributed by atoms with van der Waals surface area (Å²) in [6.07, 6.45) is 0.672. The van der Waals surface area contributed by atoms with E-state index in [0.717, 1.165) is 0 Å². The first-order valence-electron chi connectivity index (χ1n) is 10.2. The van der Waals surface area contributed by atoms with Crippen LogP contribution < -0.4 is 10.5 Å². The molecule has 3 rings (SSSR count). The van der Waals surface area contributed by atoms with Gasteiger partial charge in [0.15, 0.2) is 5.78 Å². The molecule has 170 valence electrons. The van der Waals surface area contributed by atoms with Gasteiger partial charge in [-0.1, -0.05) is 26.0 Å². The van der Waals surface area contributed by atoms with Gasteiger partial charge in [0.2, 0.25) is 10.0 Å². The van der Waals surface area contributed by atoms with Crippen LogP contribution in [0.2, 0.25) is 0 Å². The molecule has 1 aliphatic rings. The van der Waals surface area contributed by atoms with E-state index in [1.807, 2.05) is 26.0 Å². The van der Waals surface area contributed by atoms with Crippen molar-refractivity contribution in [1.29, 1.82) is 10.5 Å². The van der Waals surface area contributed by atoms with E-state index >= 15 is 0 Å². The number of nitriles is 2. The SMILES string of the molecule is CC1(C)CC(=O)C(C(c2ccc(F)cc2)C(C#N)C#N)=C(Nc2ccc(S(N)(=O)=O)cc2)C1. The standard InChI is InChI=1S/C24H23FN4O3S/c1-24(2)11-20(29-18-7-9-19(10-8-18)33(28,31)32)23(21(30)12-24)22(16(13-26)14-27)15-3-5-17(25)6-4-15/h3-10,16,22,29H,11-12H2,1-2H3,(H2,28,31,32). The molecule has 0 fully saturated rings. The molecule has 1 unspecified atom stereocenters. The summed E-state index contributed by atoms with van der Waals surface area (Å²) in [6.45, 7) is 3.87. The van der Waals surface area contributed by atoms with E-state index in [0.29, 0.717) is 28.9 Å². The number of carbonyl (C=O) groups is 1. The lowest BCUT2D eigenvalue weighted by atomic mass is 9.69. The fourth-order valence-corrected chi connectivity index (χ4v) is 4.60. The van der Waals surface area contributed by atoms with Gasteiger partial charge in [-0.15, -0.1) is 0 Å². The second kappa shape index (κ2) is 9.14. The summed E-state index contributed by atoms with van der Waals surface area (Å²) in [5.74, 6) is -2.73. The number of anilines is 1. The second-order valence-electron chi connectivity index (χ2n) is 8.79. The number of nitrogens with one attached hydrogen (secondary N) is 1. The highest BCUT2D eigenvalue weighted by atomic mass is 32.2. The number of sulfonamides is 1. The Labute approximate surface area is 192 Å². The van der Waals surface area contributed by atoms with Crippen molar-refractivity contribution in [2.24, 2.45) is 16.5 Å². The third-order valence-electron chi connectivity index (χ3n) is 5.55. The molecule has 0 aliphatic heterocycles. The lowest BCUT2D eigenvalue weighted by Crippen LogP contribution is -2.32. The van der Waals surface area contributed by atoms with Crippen LogP contribution in [0, 0.1) is 39.8 Å². The van der Waals surface area contributed by atoms with E-state index in [1.54, 1.807) is 0 Å². The smallest absolute Gasteiger partial charge is 0.238 e. The zero-order chi connectivity index (χ0) is 24.4.